The summed E-state index contributed by atoms with van der Waals surface area (Å²) in [4.78, 5) is 22.9. The number of carbonyl (C=O) groups excluding carboxylic acids is 1. The second-order valence-corrected chi connectivity index (χ2v) is 4.57. The van der Waals surface area contributed by atoms with Gasteiger partial charge in [0.2, 0.25) is 5.91 Å². The average Bonchev–Trinajstić information content (AvgIpc) is 2.35. The van der Waals surface area contributed by atoms with Gasteiger partial charge in [0, 0.05) is 6.61 Å². The third-order valence-corrected chi connectivity index (χ3v) is 3.25. The Morgan fingerprint density at radius 1 is 1.47 bits per heavy atom. The summed E-state index contributed by atoms with van der Waals surface area (Å²) in [6, 6.07) is -0.821. The van der Waals surface area contributed by atoms with Crippen LogP contribution in [-0.4, -0.2) is 35.7 Å². The molecule has 0 aliphatic carbocycles. The maximum atomic E-state index is 11.8. The van der Waals surface area contributed by atoms with E-state index >= 15 is 0 Å². The van der Waals surface area contributed by atoms with E-state index in [-0.39, 0.29) is 11.8 Å². The first-order valence-corrected chi connectivity index (χ1v) is 6.21. The van der Waals surface area contributed by atoms with Gasteiger partial charge in [-0.25, -0.2) is 4.79 Å². The molecule has 1 amide bonds. The zero-order valence-corrected chi connectivity index (χ0v) is 10.4. The number of nitrogens with one attached hydrogen (secondary N) is 1. The minimum Gasteiger partial charge on any atom is -0.480 e. The van der Waals surface area contributed by atoms with Crippen molar-refractivity contribution in [3.63, 3.8) is 0 Å². The van der Waals surface area contributed by atoms with Gasteiger partial charge in [-0.3, -0.25) is 4.79 Å². The van der Waals surface area contributed by atoms with E-state index in [2.05, 4.69) is 5.32 Å². The number of carboxylic acid groups (broad SMARTS) is 1. The van der Waals surface area contributed by atoms with Crippen LogP contribution in [0.2, 0.25) is 0 Å². The summed E-state index contributed by atoms with van der Waals surface area (Å²) < 4.78 is 5.33. The zero-order valence-electron chi connectivity index (χ0n) is 10.4. The number of rotatable bonds is 5. The van der Waals surface area contributed by atoms with Crippen LogP contribution in [0.3, 0.4) is 0 Å². The smallest absolute Gasteiger partial charge is 0.326 e. The minimum absolute atomic E-state index is 0.0833. The topological polar surface area (TPSA) is 75.6 Å². The van der Waals surface area contributed by atoms with Crippen LogP contribution < -0.4 is 5.32 Å². The highest BCUT2D eigenvalue weighted by atomic mass is 16.5. The van der Waals surface area contributed by atoms with Gasteiger partial charge < -0.3 is 15.2 Å². The molecule has 5 nitrogen and oxygen atoms in total. The van der Waals surface area contributed by atoms with Crippen molar-refractivity contribution in [1.29, 1.82) is 0 Å². The summed E-state index contributed by atoms with van der Waals surface area (Å²) in [5, 5.41) is 11.6. The molecule has 3 unspecified atom stereocenters. The van der Waals surface area contributed by atoms with Gasteiger partial charge in [0.1, 0.15) is 12.1 Å². The predicted octanol–water partition coefficient (Wildman–Crippen LogP) is 1.17. The Kier molecular flexibility index (Phi) is 5.41. The van der Waals surface area contributed by atoms with Crippen LogP contribution in [-0.2, 0) is 14.3 Å². The van der Waals surface area contributed by atoms with E-state index in [0.717, 1.165) is 12.8 Å². The van der Waals surface area contributed by atoms with Crippen molar-refractivity contribution in [3.8, 4) is 0 Å². The van der Waals surface area contributed by atoms with Crippen LogP contribution in [0, 0.1) is 5.92 Å². The number of ether oxygens (including phenoxy) is 1. The van der Waals surface area contributed by atoms with Crippen molar-refractivity contribution in [3.05, 3.63) is 0 Å². The highest BCUT2D eigenvalue weighted by Gasteiger charge is 2.29. The molecule has 17 heavy (non-hydrogen) atoms. The van der Waals surface area contributed by atoms with Gasteiger partial charge in [0.15, 0.2) is 0 Å². The Balaban J connectivity index is 2.53. The maximum Gasteiger partial charge on any atom is 0.326 e. The quantitative estimate of drug-likeness (QED) is 0.760. The van der Waals surface area contributed by atoms with E-state index in [1.54, 1.807) is 0 Å². The standard InChI is InChI=1S/C12H21NO4/c1-3-8(2)10(12(15)16)13-11(14)9-6-4-5-7-17-9/h8-10H,3-7H2,1-2H3,(H,13,14)(H,15,16). The Hall–Kier alpha value is -1.10. The molecule has 2 N–H and O–H groups in total. The minimum atomic E-state index is -0.983. The highest BCUT2D eigenvalue weighted by Crippen LogP contribution is 2.14. The fraction of sp³-hybridized carbons (Fsp3) is 0.833. The molecule has 1 aliphatic heterocycles. The number of amides is 1. The average molecular weight is 243 g/mol. The number of carbonyl (C=O) groups is 2. The molecule has 1 fully saturated rings. The van der Waals surface area contributed by atoms with Crippen LogP contribution in [0.5, 0.6) is 0 Å². The van der Waals surface area contributed by atoms with Crippen LogP contribution >= 0.6 is 0 Å². The second-order valence-electron chi connectivity index (χ2n) is 4.57. The van der Waals surface area contributed by atoms with Crippen molar-refractivity contribution >= 4 is 11.9 Å². The lowest BCUT2D eigenvalue weighted by Crippen LogP contribution is -2.49. The lowest BCUT2D eigenvalue weighted by Gasteiger charge is -2.25. The lowest BCUT2D eigenvalue weighted by atomic mass is 9.98. The fourth-order valence-electron chi connectivity index (χ4n) is 1.88. The molecule has 0 spiro atoms. The molecule has 0 aromatic carbocycles. The van der Waals surface area contributed by atoms with Crippen LogP contribution in [0.15, 0.2) is 0 Å². The predicted molar refractivity (Wildman–Crippen MR) is 62.6 cm³/mol. The normalized spacial score (nSPS) is 23.8. The summed E-state index contributed by atoms with van der Waals surface area (Å²) in [5.41, 5.74) is 0. The molecule has 0 radical (unpaired) electrons. The molecule has 1 rings (SSSR count). The first-order chi connectivity index (χ1) is 8.06. The fourth-order valence-corrected chi connectivity index (χ4v) is 1.88. The SMILES string of the molecule is CCC(C)C(NC(=O)C1CCCCO1)C(=O)O. The first-order valence-electron chi connectivity index (χ1n) is 6.21. The molecule has 3 atom stereocenters. The van der Waals surface area contributed by atoms with Gasteiger partial charge in [-0.05, 0) is 25.2 Å². The van der Waals surface area contributed by atoms with E-state index in [1.807, 2.05) is 13.8 Å². The van der Waals surface area contributed by atoms with E-state index in [1.165, 1.54) is 0 Å². The zero-order chi connectivity index (χ0) is 12.8. The van der Waals surface area contributed by atoms with Gasteiger partial charge in [-0.2, -0.15) is 0 Å². The number of aliphatic carboxylic acids is 1. The highest BCUT2D eigenvalue weighted by molar-refractivity contribution is 5.86. The van der Waals surface area contributed by atoms with Gasteiger partial charge in [0.05, 0.1) is 0 Å². The summed E-state index contributed by atoms with van der Waals surface area (Å²) in [5.74, 6) is -1.36. The molecule has 5 heteroatoms. The van der Waals surface area contributed by atoms with Crippen LogP contribution in [0.4, 0.5) is 0 Å². The Bertz CT molecular complexity index is 274. The largest absolute Gasteiger partial charge is 0.480 e. The Labute approximate surface area is 102 Å². The lowest BCUT2D eigenvalue weighted by molar-refractivity contribution is -0.146. The molecule has 1 heterocycles. The molecule has 98 valence electrons. The van der Waals surface area contributed by atoms with Gasteiger partial charge in [0.25, 0.3) is 0 Å². The number of hydrogen-bond acceptors (Lipinski definition) is 3. The van der Waals surface area contributed by atoms with Gasteiger partial charge >= 0.3 is 5.97 Å². The summed E-state index contributed by atoms with van der Waals surface area (Å²) >= 11 is 0. The van der Waals surface area contributed by atoms with E-state index in [0.29, 0.717) is 19.4 Å². The van der Waals surface area contributed by atoms with Crippen molar-refractivity contribution in [2.45, 2.75) is 51.7 Å². The molecule has 1 saturated heterocycles. The first kappa shape index (κ1) is 14.0. The summed E-state index contributed by atoms with van der Waals surface area (Å²) in [6.45, 7) is 4.31. The molecule has 0 bridgehead atoms. The third kappa shape index (κ3) is 4.00. The molecule has 0 aromatic heterocycles. The van der Waals surface area contributed by atoms with Crippen molar-refractivity contribution in [1.82, 2.24) is 5.32 Å². The maximum absolute atomic E-state index is 11.8. The van der Waals surface area contributed by atoms with Gasteiger partial charge in [-0.15, -0.1) is 0 Å². The van der Waals surface area contributed by atoms with Crippen LogP contribution in [0.1, 0.15) is 39.5 Å². The van der Waals surface area contributed by atoms with E-state index < -0.39 is 18.1 Å². The van der Waals surface area contributed by atoms with Crippen molar-refractivity contribution < 1.29 is 19.4 Å². The summed E-state index contributed by atoms with van der Waals surface area (Å²) in [6.07, 6.45) is 2.84. The Morgan fingerprint density at radius 3 is 2.65 bits per heavy atom. The van der Waals surface area contributed by atoms with E-state index in [4.69, 9.17) is 9.84 Å². The molecular formula is C12H21NO4. The van der Waals surface area contributed by atoms with E-state index in [9.17, 15) is 9.59 Å². The molecular weight excluding hydrogens is 222 g/mol. The monoisotopic (exact) mass is 243 g/mol. The second kappa shape index (κ2) is 6.59. The molecule has 1 aliphatic rings. The van der Waals surface area contributed by atoms with Gasteiger partial charge in [-0.1, -0.05) is 20.3 Å². The van der Waals surface area contributed by atoms with Crippen molar-refractivity contribution in [2.24, 2.45) is 5.92 Å². The molecule has 0 saturated carbocycles. The van der Waals surface area contributed by atoms with Crippen LogP contribution in [0.25, 0.3) is 0 Å². The summed E-state index contributed by atoms with van der Waals surface area (Å²) in [7, 11) is 0. The Morgan fingerprint density at radius 2 is 2.18 bits per heavy atom. The number of carboxylic acids is 1. The number of hydrogen-bond donors (Lipinski definition) is 2. The molecule has 0 aromatic rings. The van der Waals surface area contributed by atoms with Crippen molar-refractivity contribution in [2.75, 3.05) is 6.61 Å². The third-order valence-electron chi connectivity index (χ3n) is 3.25.